The van der Waals surface area contributed by atoms with Crippen molar-refractivity contribution in [3.05, 3.63) is 0 Å². The Bertz CT molecular complexity index is 256. The smallest absolute Gasteiger partial charge is 0.251 e. The second-order valence-corrected chi connectivity index (χ2v) is 5.24. The van der Waals surface area contributed by atoms with Gasteiger partial charge in [-0.25, -0.2) is 0 Å². The molecule has 1 atom stereocenters. The Morgan fingerprint density at radius 1 is 1.40 bits per heavy atom. The molecule has 1 aliphatic heterocycles. The van der Waals surface area contributed by atoms with Crippen LogP contribution in [0.25, 0.3) is 0 Å². The van der Waals surface area contributed by atoms with Crippen LogP contribution >= 0.6 is 0 Å². The molecular weight excluding hydrogens is 192 g/mol. The van der Waals surface area contributed by atoms with Gasteiger partial charge in [0, 0.05) is 25.2 Å². The minimum absolute atomic E-state index is 0.226. The highest BCUT2D eigenvalue weighted by Crippen LogP contribution is 2.29. The lowest BCUT2D eigenvalue weighted by Crippen LogP contribution is -2.47. The molecule has 1 amide bonds. The maximum atomic E-state index is 11.5. The highest BCUT2D eigenvalue weighted by Gasteiger charge is 2.36. The van der Waals surface area contributed by atoms with Crippen LogP contribution in [-0.4, -0.2) is 46.7 Å². The standard InChI is InChI=1S/C11H20N2O2/c1-11(2,15)10(14)12-8-5-6-13(7-8)9-3-4-9/h8-9,15H,3-7H2,1-2H3,(H,12,14). The number of amides is 1. The lowest BCUT2D eigenvalue weighted by Gasteiger charge is -2.21. The van der Waals surface area contributed by atoms with Gasteiger partial charge in [0.2, 0.25) is 0 Å². The largest absolute Gasteiger partial charge is 0.381 e. The third-order valence-electron chi connectivity index (χ3n) is 3.17. The van der Waals surface area contributed by atoms with E-state index in [2.05, 4.69) is 10.2 Å². The van der Waals surface area contributed by atoms with Gasteiger partial charge in [-0.3, -0.25) is 9.69 Å². The van der Waals surface area contributed by atoms with E-state index in [1.54, 1.807) is 0 Å². The normalized spacial score (nSPS) is 28.1. The van der Waals surface area contributed by atoms with Crippen LogP contribution in [0, 0.1) is 0 Å². The van der Waals surface area contributed by atoms with Crippen LogP contribution in [0.2, 0.25) is 0 Å². The molecule has 1 aliphatic carbocycles. The fourth-order valence-corrected chi connectivity index (χ4v) is 2.04. The molecule has 0 aromatic carbocycles. The summed E-state index contributed by atoms with van der Waals surface area (Å²) in [6, 6.07) is 0.999. The summed E-state index contributed by atoms with van der Waals surface area (Å²) in [5.41, 5.74) is -1.26. The third-order valence-corrected chi connectivity index (χ3v) is 3.17. The van der Waals surface area contributed by atoms with Crippen molar-refractivity contribution in [1.29, 1.82) is 0 Å². The summed E-state index contributed by atoms with van der Waals surface area (Å²) >= 11 is 0. The molecule has 4 heteroatoms. The number of aliphatic hydroxyl groups is 1. The van der Waals surface area contributed by atoms with Crippen molar-refractivity contribution in [2.24, 2.45) is 0 Å². The molecule has 1 saturated carbocycles. The summed E-state index contributed by atoms with van der Waals surface area (Å²) in [7, 11) is 0. The summed E-state index contributed by atoms with van der Waals surface area (Å²) < 4.78 is 0. The number of carbonyl (C=O) groups is 1. The molecule has 86 valence electrons. The van der Waals surface area contributed by atoms with Crippen LogP contribution in [0.4, 0.5) is 0 Å². The average molecular weight is 212 g/mol. The van der Waals surface area contributed by atoms with E-state index in [0.29, 0.717) is 0 Å². The summed E-state index contributed by atoms with van der Waals surface area (Å²) in [5.74, 6) is -0.259. The predicted octanol–water partition coefficient (Wildman–Crippen LogP) is 0.110. The first-order valence-electron chi connectivity index (χ1n) is 5.74. The summed E-state index contributed by atoms with van der Waals surface area (Å²) in [5, 5.41) is 12.4. The zero-order valence-corrected chi connectivity index (χ0v) is 9.49. The molecule has 2 N–H and O–H groups in total. The Labute approximate surface area is 90.6 Å². The van der Waals surface area contributed by atoms with Gasteiger partial charge in [0.15, 0.2) is 0 Å². The number of hydrogen-bond acceptors (Lipinski definition) is 3. The van der Waals surface area contributed by atoms with Crippen molar-refractivity contribution in [1.82, 2.24) is 10.2 Å². The zero-order chi connectivity index (χ0) is 11.1. The second-order valence-electron chi connectivity index (χ2n) is 5.24. The van der Waals surface area contributed by atoms with E-state index in [1.165, 1.54) is 26.7 Å². The molecule has 1 unspecified atom stereocenters. The molecule has 0 bridgehead atoms. The van der Waals surface area contributed by atoms with Gasteiger partial charge in [0.25, 0.3) is 5.91 Å². The molecule has 2 rings (SSSR count). The minimum atomic E-state index is -1.26. The Morgan fingerprint density at radius 2 is 2.07 bits per heavy atom. The van der Waals surface area contributed by atoms with Crippen molar-refractivity contribution in [2.45, 2.75) is 50.8 Å². The van der Waals surface area contributed by atoms with Crippen molar-refractivity contribution < 1.29 is 9.90 Å². The molecule has 2 aliphatic rings. The SMILES string of the molecule is CC(C)(O)C(=O)NC1CCN(C2CC2)C1. The molecule has 0 aromatic rings. The van der Waals surface area contributed by atoms with Crippen LogP contribution in [0.15, 0.2) is 0 Å². The van der Waals surface area contributed by atoms with Crippen LogP contribution in [-0.2, 0) is 4.79 Å². The number of likely N-dealkylation sites (tertiary alicyclic amines) is 1. The maximum absolute atomic E-state index is 11.5. The van der Waals surface area contributed by atoms with Gasteiger partial charge in [0.05, 0.1) is 0 Å². The Morgan fingerprint density at radius 3 is 2.60 bits per heavy atom. The predicted molar refractivity (Wildman–Crippen MR) is 57.4 cm³/mol. The molecule has 0 aromatic heterocycles. The van der Waals surface area contributed by atoms with Crippen LogP contribution in [0.5, 0.6) is 0 Å². The van der Waals surface area contributed by atoms with Gasteiger partial charge in [-0.15, -0.1) is 0 Å². The van der Waals surface area contributed by atoms with Gasteiger partial charge >= 0.3 is 0 Å². The number of rotatable bonds is 3. The van der Waals surface area contributed by atoms with Crippen molar-refractivity contribution >= 4 is 5.91 Å². The average Bonchev–Trinajstić information content (AvgIpc) is 2.87. The van der Waals surface area contributed by atoms with E-state index in [9.17, 15) is 9.90 Å². The molecule has 0 spiro atoms. The van der Waals surface area contributed by atoms with Crippen molar-refractivity contribution in [3.8, 4) is 0 Å². The molecule has 1 saturated heterocycles. The summed E-state index contributed by atoms with van der Waals surface area (Å²) in [6.45, 7) is 5.08. The number of nitrogens with one attached hydrogen (secondary N) is 1. The van der Waals surface area contributed by atoms with Gasteiger partial charge in [-0.1, -0.05) is 0 Å². The van der Waals surface area contributed by atoms with E-state index < -0.39 is 5.60 Å². The van der Waals surface area contributed by atoms with Gasteiger partial charge in [-0.05, 0) is 33.1 Å². The van der Waals surface area contributed by atoms with Crippen LogP contribution < -0.4 is 5.32 Å². The quantitative estimate of drug-likeness (QED) is 0.698. The number of carbonyl (C=O) groups excluding carboxylic acids is 1. The first kappa shape index (κ1) is 10.9. The fourth-order valence-electron chi connectivity index (χ4n) is 2.04. The van der Waals surface area contributed by atoms with Gasteiger partial charge in [0.1, 0.15) is 5.60 Å². The third kappa shape index (κ3) is 2.69. The highest BCUT2D eigenvalue weighted by atomic mass is 16.3. The summed E-state index contributed by atoms with van der Waals surface area (Å²) in [6.07, 6.45) is 3.64. The second kappa shape index (κ2) is 3.76. The molecular formula is C11H20N2O2. The topological polar surface area (TPSA) is 52.6 Å². The zero-order valence-electron chi connectivity index (χ0n) is 9.49. The van der Waals surface area contributed by atoms with Gasteiger partial charge < -0.3 is 10.4 Å². The number of hydrogen-bond donors (Lipinski definition) is 2. The molecule has 0 radical (unpaired) electrons. The van der Waals surface area contributed by atoms with E-state index in [0.717, 1.165) is 25.6 Å². The van der Waals surface area contributed by atoms with E-state index >= 15 is 0 Å². The van der Waals surface area contributed by atoms with Crippen molar-refractivity contribution in [2.75, 3.05) is 13.1 Å². The fraction of sp³-hybridized carbons (Fsp3) is 0.909. The monoisotopic (exact) mass is 212 g/mol. The Balaban J connectivity index is 1.79. The van der Waals surface area contributed by atoms with Crippen molar-refractivity contribution in [3.63, 3.8) is 0 Å². The highest BCUT2D eigenvalue weighted by molar-refractivity contribution is 5.84. The van der Waals surface area contributed by atoms with Gasteiger partial charge in [-0.2, -0.15) is 0 Å². The molecule has 4 nitrogen and oxygen atoms in total. The Kier molecular flexibility index (Phi) is 2.73. The first-order valence-corrected chi connectivity index (χ1v) is 5.74. The summed E-state index contributed by atoms with van der Waals surface area (Å²) in [4.78, 5) is 14.0. The van der Waals surface area contributed by atoms with E-state index in [-0.39, 0.29) is 11.9 Å². The lowest BCUT2D eigenvalue weighted by atomic mass is 10.1. The maximum Gasteiger partial charge on any atom is 0.251 e. The van der Waals surface area contributed by atoms with E-state index in [1.807, 2.05) is 0 Å². The van der Waals surface area contributed by atoms with E-state index in [4.69, 9.17) is 0 Å². The van der Waals surface area contributed by atoms with Crippen LogP contribution in [0.1, 0.15) is 33.1 Å². The Hall–Kier alpha value is -0.610. The molecule has 15 heavy (non-hydrogen) atoms. The van der Waals surface area contributed by atoms with Crippen LogP contribution in [0.3, 0.4) is 0 Å². The lowest BCUT2D eigenvalue weighted by molar-refractivity contribution is -0.137. The molecule has 1 heterocycles. The minimum Gasteiger partial charge on any atom is -0.381 e. The molecule has 2 fully saturated rings. The first-order chi connectivity index (χ1) is 6.97. The number of nitrogens with zero attached hydrogens (tertiary/aromatic N) is 1.